The van der Waals surface area contributed by atoms with Crippen molar-refractivity contribution in [2.45, 2.75) is 13.1 Å². The van der Waals surface area contributed by atoms with Gasteiger partial charge in [0.1, 0.15) is 5.56 Å². The zero-order valence-electron chi connectivity index (χ0n) is 9.64. The molecular weight excluding hydrogens is 263 g/mol. The van der Waals surface area contributed by atoms with Crippen molar-refractivity contribution in [3.05, 3.63) is 41.3 Å². The first-order chi connectivity index (χ1) is 8.80. The van der Waals surface area contributed by atoms with Crippen LogP contribution in [-0.4, -0.2) is 25.8 Å². The molecule has 0 unspecified atom stereocenters. The summed E-state index contributed by atoms with van der Waals surface area (Å²) in [6.45, 7) is 1.61. The molecule has 0 atom stereocenters. The first kappa shape index (κ1) is 13.1. The Balaban J connectivity index is 2.68. The number of rotatable bonds is 2. The SMILES string of the molecule is Cc1cccc(-n2ncc(C(=O)O)c2C(F)(F)F)n1. The highest BCUT2D eigenvalue weighted by atomic mass is 19.4. The van der Waals surface area contributed by atoms with E-state index in [0.717, 1.165) is 0 Å². The van der Waals surface area contributed by atoms with E-state index >= 15 is 0 Å². The number of aromatic carboxylic acids is 1. The average Bonchev–Trinajstić information content (AvgIpc) is 2.73. The number of hydrogen-bond acceptors (Lipinski definition) is 3. The average molecular weight is 271 g/mol. The number of nitrogens with zero attached hydrogens (tertiary/aromatic N) is 3. The van der Waals surface area contributed by atoms with Crippen molar-refractivity contribution in [1.82, 2.24) is 14.8 Å². The second-order valence-corrected chi connectivity index (χ2v) is 3.76. The van der Waals surface area contributed by atoms with E-state index in [1.54, 1.807) is 13.0 Å². The molecule has 0 aliphatic rings. The molecule has 0 spiro atoms. The van der Waals surface area contributed by atoms with Gasteiger partial charge in [0.2, 0.25) is 0 Å². The van der Waals surface area contributed by atoms with Crippen LogP contribution in [0.3, 0.4) is 0 Å². The van der Waals surface area contributed by atoms with Gasteiger partial charge in [-0.2, -0.15) is 18.3 Å². The summed E-state index contributed by atoms with van der Waals surface area (Å²) in [5, 5.41) is 12.2. The molecule has 1 N–H and O–H groups in total. The van der Waals surface area contributed by atoms with Crippen molar-refractivity contribution >= 4 is 5.97 Å². The lowest BCUT2D eigenvalue weighted by molar-refractivity contribution is -0.143. The van der Waals surface area contributed by atoms with Gasteiger partial charge in [-0.1, -0.05) is 6.07 Å². The summed E-state index contributed by atoms with van der Waals surface area (Å²) in [6, 6.07) is 4.44. The molecule has 0 saturated heterocycles. The van der Waals surface area contributed by atoms with Gasteiger partial charge >= 0.3 is 12.1 Å². The van der Waals surface area contributed by atoms with Crippen molar-refractivity contribution < 1.29 is 23.1 Å². The Morgan fingerprint density at radius 1 is 1.37 bits per heavy atom. The molecule has 0 aliphatic heterocycles. The number of carbonyl (C=O) groups is 1. The molecule has 8 heteroatoms. The normalized spacial score (nSPS) is 11.6. The van der Waals surface area contributed by atoms with Gasteiger partial charge in [0, 0.05) is 5.69 Å². The predicted octanol–water partition coefficient (Wildman–Crippen LogP) is 2.29. The van der Waals surface area contributed by atoms with Crippen LogP contribution < -0.4 is 0 Å². The van der Waals surface area contributed by atoms with Crippen molar-refractivity contribution in [2.75, 3.05) is 0 Å². The quantitative estimate of drug-likeness (QED) is 0.909. The lowest BCUT2D eigenvalue weighted by atomic mass is 10.2. The topological polar surface area (TPSA) is 68.0 Å². The minimum Gasteiger partial charge on any atom is -0.478 e. The number of hydrogen-bond donors (Lipinski definition) is 1. The Labute approximate surface area is 105 Å². The van der Waals surface area contributed by atoms with E-state index in [2.05, 4.69) is 10.1 Å². The molecule has 0 bridgehead atoms. The standard InChI is InChI=1S/C11H8F3N3O2/c1-6-3-2-4-8(16-6)17-9(11(12,13)14)7(5-15-17)10(18)19/h2-5H,1H3,(H,18,19). The van der Waals surface area contributed by atoms with Crippen molar-refractivity contribution in [3.63, 3.8) is 0 Å². The van der Waals surface area contributed by atoms with Gasteiger partial charge in [0.15, 0.2) is 11.5 Å². The van der Waals surface area contributed by atoms with E-state index in [1.165, 1.54) is 12.1 Å². The zero-order chi connectivity index (χ0) is 14.2. The van der Waals surface area contributed by atoms with E-state index in [4.69, 9.17) is 5.11 Å². The second-order valence-electron chi connectivity index (χ2n) is 3.76. The van der Waals surface area contributed by atoms with Crippen LogP contribution in [0.15, 0.2) is 24.4 Å². The highest BCUT2D eigenvalue weighted by molar-refractivity contribution is 5.89. The maximum absolute atomic E-state index is 12.9. The summed E-state index contributed by atoms with van der Waals surface area (Å²) in [4.78, 5) is 14.7. The van der Waals surface area contributed by atoms with Gasteiger partial charge in [-0.15, -0.1) is 0 Å². The summed E-state index contributed by atoms with van der Waals surface area (Å²) in [7, 11) is 0. The van der Waals surface area contributed by atoms with Crippen LogP contribution in [-0.2, 0) is 6.18 Å². The summed E-state index contributed by atoms with van der Waals surface area (Å²) >= 11 is 0. The summed E-state index contributed by atoms with van der Waals surface area (Å²) < 4.78 is 39.3. The fraction of sp³-hybridized carbons (Fsp3) is 0.182. The fourth-order valence-electron chi connectivity index (χ4n) is 1.60. The molecular formula is C11H8F3N3O2. The molecule has 0 fully saturated rings. The van der Waals surface area contributed by atoms with Crippen LogP contribution in [0, 0.1) is 6.92 Å². The fourth-order valence-corrected chi connectivity index (χ4v) is 1.60. The largest absolute Gasteiger partial charge is 0.478 e. The van der Waals surface area contributed by atoms with Crippen molar-refractivity contribution in [3.8, 4) is 5.82 Å². The van der Waals surface area contributed by atoms with Gasteiger partial charge in [0.25, 0.3) is 0 Å². The van der Waals surface area contributed by atoms with E-state index < -0.39 is 23.4 Å². The minimum atomic E-state index is -4.84. The van der Waals surface area contributed by atoms with E-state index in [9.17, 15) is 18.0 Å². The second kappa shape index (κ2) is 4.38. The number of aromatic nitrogens is 3. The van der Waals surface area contributed by atoms with E-state index in [-0.39, 0.29) is 5.82 Å². The number of pyridine rings is 1. The van der Waals surface area contributed by atoms with Crippen LogP contribution in [0.1, 0.15) is 21.7 Å². The van der Waals surface area contributed by atoms with Crippen LogP contribution >= 0.6 is 0 Å². The lowest BCUT2D eigenvalue weighted by Gasteiger charge is -2.11. The monoisotopic (exact) mass is 271 g/mol. The Morgan fingerprint density at radius 2 is 2.05 bits per heavy atom. The third-order valence-corrected chi connectivity index (χ3v) is 2.36. The Bertz CT molecular complexity index is 634. The highest BCUT2D eigenvalue weighted by Crippen LogP contribution is 2.33. The smallest absolute Gasteiger partial charge is 0.434 e. The van der Waals surface area contributed by atoms with Gasteiger partial charge in [0.05, 0.1) is 6.20 Å². The molecule has 0 radical (unpaired) electrons. The minimum absolute atomic E-state index is 0.0835. The van der Waals surface area contributed by atoms with Crippen LogP contribution in [0.5, 0.6) is 0 Å². The summed E-state index contributed by atoms with van der Waals surface area (Å²) in [5.74, 6) is -1.77. The first-order valence-electron chi connectivity index (χ1n) is 5.13. The summed E-state index contributed by atoms with van der Waals surface area (Å²) in [5.41, 5.74) is -1.76. The third-order valence-electron chi connectivity index (χ3n) is 2.36. The maximum Gasteiger partial charge on any atom is 0.434 e. The molecule has 2 aromatic heterocycles. The highest BCUT2D eigenvalue weighted by Gasteiger charge is 2.40. The molecule has 0 aromatic carbocycles. The molecule has 0 aliphatic carbocycles. The Kier molecular flexibility index (Phi) is 3.01. The van der Waals surface area contributed by atoms with Crippen molar-refractivity contribution in [2.24, 2.45) is 0 Å². The molecule has 2 heterocycles. The van der Waals surface area contributed by atoms with Crippen LogP contribution in [0.4, 0.5) is 13.2 Å². The summed E-state index contributed by atoms with van der Waals surface area (Å²) in [6.07, 6.45) is -4.18. The number of carboxylic acid groups (broad SMARTS) is 1. The van der Waals surface area contributed by atoms with Gasteiger partial charge in [-0.25, -0.2) is 14.5 Å². The molecule has 2 rings (SSSR count). The lowest BCUT2D eigenvalue weighted by Crippen LogP contribution is -2.18. The van der Waals surface area contributed by atoms with Gasteiger partial charge in [-0.3, -0.25) is 0 Å². The Morgan fingerprint density at radius 3 is 2.58 bits per heavy atom. The van der Waals surface area contributed by atoms with Gasteiger partial charge in [-0.05, 0) is 19.1 Å². The Hall–Kier alpha value is -2.38. The maximum atomic E-state index is 12.9. The van der Waals surface area contributed by atoms with E-state index in [0.29, 0.717) is 16.6 Å². The zero-order valence-corrected chi connectivity index (χ0v) is 9.64. The number of carboxylic acids is 1. The van der Waals surface area contributed by atoms with Crippen LogP contribution in [0.2, 0.25) is 0 Å². The third kappa shape index (κ3) is 2.42. The molecule has 5 nitrogen and oxygen atoms in total. The van der Waals surface area contributed by atoms with Crippen LogP contribution in [0.25, 0.3) is 5.82 Å². The number of alkyl halides is 3. The molecule has 0 saturated carbocycles. The molecule has 100 valence electrons. The molecule has 0 amide bonds. The number of aryl methyl sites for hydroxylation is 1. The number of halogens is 3. The van der Waals surface area contributed by atoms with Gasteiger partial charge < -0.3 is 5.11 Å². The first-order valence-corrected chi connectivity index (χ1v) is 5.13. The molecule has 2 aromatic rings. The predicted molar refractivity (Wildman–Crippen MR) is 58.1 cm³/mol. The van der Waals surface area contributed by atoms with Crippen molar-refractivity contribution in [1.29, 1.82) is 0 Å². The molecule has 19 heavy (non-hydrogen) atoms. The van der Waals surface area contributed by atoms with E-state index in [1.807, 2.05) is 0 Å².